The molecule has 156 valence electrons. The van der Waals surface area contributed by atoms with E-state index in [9.17, 15) is 19.2 Å². The molecule has 1 amide bonds. The number of hydrogen-bond donors (Lipinski definition) is 2. The maximum absolute atomic E-state index is 12.9. The Morgan fingerprint density at radius 1 is 1.20 bits per heavy atom. The zero-order valence-corrected chi connectivity index (χ0v) is 18.0. The molecule has 1 atom stereocenters. The number of fused-ring (bicyclic) bond motifs is 1. The van der Waals surface area contributed by atoms with Crippen LogP contribution in [-0.2, 0) is 16.1 Å². The van der Waals surface area contributed by atoms with Crippen LogP contribution in [0.15, 0.2) is 56.5 Å². The smallest absolute Gasteiger partial charge is 0.328 e. The Bertz CT molecular complexity index is 1230. The number of benzene rings is 2. The zero-order chi connectivity index (χ0) is 21.8. The van der Waals surface area contributed by atoms with Crippen molar-refractivity contribution in [3.63, 3.8) is 0 Å². The Morgan fingerprint density at radius 2 is 1.97 bits per heavy atom. The van der Waals surface area contributed by atoms with Crippen molar-refractivity contribution in [1.29, 1.82) is 0 Å². The second kappa shape index (κ2) is 9.08. The highest BCUT2D eigenvalue weighted by Crippen LogP contribution is 2.22. The summed E-state index contributed by atoms with van der Waals surface area (Å²) in [5, 5.41) is 3.13. The minimum absolute atomic E-state index is 0.0513. The Labute approximate surface area is 180 Å². The number of nitrogens with one attached hydrogen (secondary N) is 2. The van der Waals surface area contributed by atoms with Crippen LogP contribution in [0.2, 0.25) is 0 Å². The first-order valence-corrected chi connectivity index (χ1v) is 10.0. The van der Waals surface area contributed by atoms with E-state index in [1.807, 2.05) is 6.07 Å². The van der Waals surface area contributed by atoms with Crippen LogP contribution in [0.1, 0.15) is 35.3 Å². The highest BCUT2D eigenvalue weighted by molar-refractivity contribution is 9.10. The molecule has 0 spiro atoms. The van der Waals surface area contributed by atoms with E-state index >= 15 is 0 Å². The number of carbonyl (C=O) groups excluding carboxylic acids is 2. The molecule has 8 nitrogen and oxygen atoms in total. The van der Waals surface area contributed by atoms with Crippen molar-refractivity contribution in [3.05, 3.63) is 78.9 Å². The van der Waals surface area contributed by atoms with Gasteiger partial charge >= 0.3 is 11.7 Å². The maximum atomic E-state index is 12.9. The predicted molar refractivity (Wildman–Crippen MR) is 115 cm³/mol. The zero-order valence-electron chi connectivity index (χ0n) is 16.4. The van der Waals surface area contributed by atoms with Crippen molar-refractivity contribution in [2.75, 3.05) is 7.11 Å². The number of rotatable bonds is 6. The molecule has 1 aromatic heterocycles. The van der Waals surface area contributed by atoms with Crippen LogP contribution in [0.4, 0.5) is 0 Å². The summed E-state index contributed by atoms with van der Waals surface area (Å²) in [6.45, 7) is 1.95. The van der Waals surface area contributed by atoms with E-state index in [2.05, 4.69) is 26.2 Å². The molecule has 3 rings (SSSR count). The van der Waals surface area contributed by atoms with Gasteiger partial charge in [0.25, 0.3) is 11.5 Å². The van der Waals surface area contributed by atoms with E-state index < -0.39 is 29.2 Å². The molecule has 0 aliphatic heterocycles. The van der Waals surface area contributed by atoms with Gasteiger partial charge in [0, 0.05) is 16.6 Å². The average molecular weight is 474 g/mol. The number of methoxy groups -OCH3 is 1. The van der Waals surface area contributed by atoms with Gasteiger partial charge in [0.2, 0.25) is 0 Å². The molecule has 9 heteroatoms. The van der Waals surface area contributed by atoms with Gasteiger partial charge in [-0.3, -0.25) is 19.0 Å². The molecule has 1 unspecified atom stereocenters. The van der Waals surface area contributed by atoms with Crippen molar-refractivity contribution >= 4 is 38.7 Å². The van der Waals surface area contributed by atoms with Crippen molar-refractivity contribution in [2.45, 2.75) is 25.9 Å². The molecule has 0 fully saturated rings. The second-order valence-corrected chi connectivity index (χ2v) is 7.52. The Balaban J connectivity index is 1.95. The number of aromatic amines is 1. The first-order valence-electron chi connectivity index (χ1n) is 9.24. The van der Waals surface area contributed by atoms with Crippen LogP contribution >= 0.6 is 15.9 Å². The van der Waals surface area contributed by atoms with Crippen LogP contribution in [-0.4, -0.2) is 28.5 Å². The van der Waals surface area contributed by atoms with Gasteiger partial charge < -0.3 is 15.0 Å². The lowest BCUT2D eigenvalue weighted by atomic mass is 10.0. The van der Waals surface area contributed by atoms with Crippen LogP contribution in [0.5, 0.6) is 0 Å². The summed E-state index contributed by atoms with van der Waals surface area (Å²) in [5.74, 6) is -0.922. The van der Waals surface area contributed by atoms with E-state index in [1.165, 1.54) is 25.3 Å². The minimum Gasteiger partial charge on any atom is -0.469 e. The molecular formula is C21H20BrN3O5. The summed E-state index contributed by atoms with van der Waals surface area (Å²) in [4.78, 5) is 51.8. The fourth-order valence-electron chi connectivity index (χ4n) is 3.15. The van der Waals surface area contributed by atoms with Gasteiger partial charge in [-0.15, -0.1) is 0 Å². The number of aromatic nitrogens is 2. The summed E-state index contributed by atoms with van der Waals surface area (Å²) in [6.07, 6.45) is -0.0513. The highest BCUT2D eigenvalue weighted by Gasteiger charge is 2.20. The molecule has 0 aliphatic carbocycles. The molecule has 0 saturated heterocycles. The SMILES string of the molecule is CCn1c(=O)[nH]c2cc(C(=O)NC(CC(=O)OC)c3cccc(Br)c3)ccc2c1=O. The molecule has 2 N–H and O–H groups in total. The number of H-pyrrole nitrogens is 1. The number of nitrogens with zero attached hydrogens (tertiary/aromatic N) is 1. The monoisotopic (exact) mass is 473 g/mol. The minimum atomic E-state index is -0.620. The van der Waals surface area contributed by atoms with Gasteiger partial charge in [0.1, 0.15) is 0 Å². The standard InChI is InChI=1S/C21H20BrN3O5/c1-3-25-20(28)15-8-7-13(10-17(15)24-21(25)29)19(27)23-16(11-18(26)30-2)12-5-4-6-14(22)9-12/h4-10,16H,3,11H2,1-2H3,(H,23,27)(H,24,29). The van der Waals surface area contributed by atoms with E-state index in [1.54, 1.807) is 25.1 Å². The number of amides is 1. The van der Waals surface area contributed by atoms with Crippen LogP contribution in [0.25, 0.3) is 10.9 Å². The molecule has 2 aromatic carbocycles. The predicted octanol–water partition coefficient (Wildman–Crippen LogP) is 2.51. The molecule has 30 heavy (non-hydrogen) atoms. The number of esters is 1. The average Bonchev–Trinajstić information content (AvgIpc) is 2.72. The molecule has 0 aliphatic rings. The Kier molecular flexibility index (Phi) is 6.51. The lowest BCUT2D eigenvalue weighted by molar-refractivity contribution is -0.141. The normalized spacial score (nSPS) is 11.8. The quantitative estimate of drug-likeness (QED) is 0.534. The lowest BCUT2D eigenvalue weighted by Crippen LogP contribution is -2.34. The van der Waals surface area contributed by atoms with Gasteiger partial charge in [-0.25, -0.2) is 4.79 Å². The first kappa shape index (κ1) is 21.5. The van der Waals surface area contributed by atoms with E-state index in [0.717, 1.165) is 14.6 Å². The summed E-state index contributed by atoms with van der Waals surface area (Å²) in [7, 11) is 1.28. The fraction of sp³-hybridized carbons (Fsp3) is 0.238. The van der Waals surface area contributed by atoms with Crippen LogP contribution in [0, 0.1) is 0 Å². The van der Waals surface area contributed by atoms with E-state index in [-0.39, 0.29) is 24.0 Å². The summed E-state index contributed by atoms with van der Waals surface area (Å²) < 4.78 is 6.64. The Morgan fingerprint density at radius 3 is 2.63 bits per heavy atom. The van der Waals surface area contributed by atoms with Gasteiger partial charge in [-0.1, -0.05) is 28.1 Å². The van der Waals surface area contributed by atoms with Crippen molar-refractivity contribution in [3.8, 4) is 0 Å². The van der Waals surface area contributed by atoms with Crippen molar-refractivity contribution < 1.29 is 14.3 Å². The van der Waals surface area contributed by atoms with E-state index in [4.69, 9.17) is 4.74 Å². The molecule has 0 saturated carbocycles. The second-order valence-electron chi connectivity index (χ2n) is 6.60. The Hall–Kier alpha value is -3.20. The third-order valence-corrected chi connectivity index (χ3v) is 5.21. The number of ether oxygens (including phenoxy) is 1. The van der Waals surface area contributed by atoms with Crippen molar-refractivity contribution in [2.24, 2.45) is 0 Å². The topological polar surface area (TPSA) is 110 Å². The molecule has 3 aromatic rings. The maximum Gasteiger partial charge on any atom is 0.328 e. The number of halogens is 1. The summed E-state index contributed by atoms with van der Waals surface area (Å²) in [6, 6.07) is 11.1. The van der Waals surface area contributed by atoms with Crippen LogP contribution in [0.3, 0.4) is 0 Å². The first-order chi connectivity index (χ1) is 14.3. The summed E-state index contributed by atoms with van der Waals surface area (Å²) >= 11 is 3.38. The third-order valence-electron chi connectivity index (χ3n) is 4.72. The molecular weight excluding hydrogens is 454 g/mol. The molecule has 1 heterocycles. The largest absolute Gasteiger partial charge is 0.469 e. The molecule has 0 bridgehead atoms. The third kappa shape index (κ3) is 4.51. The lowest BCUT2D eigenvalue weighted by Gasteiger charge is -2.19. The highest BCUT2D eigenvalue weighted by atomic mass is 79.9. The van der Waals surface area contributed by atoms with Gasteiger partial charge in [0.15, 0.2) is 0 Å². The van der Waals surface area contributed by atoms with Crippen LogP contribution < -0.4 is 16.6 Å². The van der Waals surface area contributed by atoms with Gasteiger partial charge in [-0.05, 0) is 42.8 Å². The fourth-order valence-corrected chi connectivity index (χ4v) is 3.57. The van der Waals surface area contributed by atoms with Gasteiger partial charge in [0.05, 0.1) is 30.5 Å². The van der Waals surface area contributed by atoms with Gasteiger partial charge in [-0.2, -0.15) is 0 Å². The summed E-state index contributed by atoms with van der Waals surface area (Å²) in [5.41, 5.74) is 0.292. The molecule has 0 radical (unpaired) electrons. The number of carbonyl (C=O) groups is 2. The number of hydrogen-bond acceptors (Lipinski definition) is 5. The van der Waals surface area contributed by atoms with Crippen molar-refractivity contribution in [1.82, 2.24) is 14.9 Å². The van der Waals surface area contributed by atoms with E-state index in [0.29, 0.717) is 5.39 Å².